The molecule has 94 valence electrons. The van der Waals surface area contributed by atoms with Crippen LogP contribution in [-0.4, -0.2) is 4.98 Å². The van der Waals surface area contributed by atoms with E-state index in [-0.39, 0.29) is 5.75 Å². The Bertz CT molecular complexity index is 563. The first kappa shape index (κ1) is 13.3. The molecule has 2 aromatic rings. The van der Waals surface area contributed by atoms with Crippen LogP contribution in [0.15, 0.2) is 40.0 Å². The molecule has 0 bridgehead atoms. The van der Waals surface area contributed by atoms with Gasteiger partial charge in [0.1, 0.15) is 10.8 Å². The SMILES string of the molecule is NSc1cc(Oc2c(F)cccc2F)c(Br)cn1. The van der Waals surface area contributed by atoms with Gasteiger partial charge in [0.05, 0.1) is 4.47 Å². The van der Waals surface area contributed by atoms with E-state index in [4.69, 9.17) is 9.88 Å². The van der Waals surface area contributed by atoms with Crippen LogP contribution in [-0.2, 0) is 0 Å². The maximum absolute atomic E-state index is 13.4. The van der Waals surface area contributed by atoms with Crippen LogP contribution >= 0.6 is 27.9 Å². The summed E-state index contributed by atoms with van der Waals surface area (Å²) in [6, 6.07) is 4.99. The van der Waals surface area contributed by atoms with E-state index >= 15 is 0 Å². The van der Waals surface area contributed by atoms with Crippen molar-refractivity contribution in [3.63, 3.8) is 0 Å². The number of para-hydroxylation sites is 1. The molecule has 0 saturated carbocycles. The lowest BCUT2D eigenvalue weighted by Gasteiger charge is -2.09. The molecule has 0 amide bonds. The lowest BCUT2D eigenvalue weighted by atomic mass is 10.3. The first-order chi connectivity index (χ1) is 8.61. The van der Waals surface area contributed by atoms with Crippen molar-refractivity contribution < 1.29 is 13.5 Å². The molecule has 0 spiro atoms. The zero-order valence-corrected chi connectivity index (χ0v) is 11.3. The minimum absolute atomic E-state index is 0.238. The fourth-order valence-electron chi connectivity index (χ4n) is 1.23. The number of benzene rings is 1. The molecule has 0 unspecified atom stereocenters. The third-order valence-electron chi connectivity index (χ3n) is 2.05. The van der Waals surface area contributed by atoms with Crippen LogP contribution in [0.25, 0.3) is 0 Å². The van der Waals surface area contributed by atoms with E-state index in [1.54, 1.807) is 0 Å². The highest BCUT2D eigenvalue weighted by Gasteiger charge is 2.13. The first-order valence-corrected chi connectivity index (χ1v) is 6.43. The summed E-state index contributed by atoms with van der Waals surface area (Å²) in [7, 11) is 0. The summed E-state index contributed by atoms with van der Waals surface area (Å²) >= 11 is 4.09. The van der Waals surface area contributed by atoms with Crippen LogP contribution < -0.4 is 9.88 Å². The van der Waals surface area contributed by atoms with Crippen molar-refractivity contribution >= 4 is 27.9 Å². The number of hydrogen-bond donors (Lipinski definition) is 1. The minimum Gasteiger partial charge on any atom is -0.450 e. The Morgan fingerprint density at radius 2 is 1.94 bits per heavy atom. The number of nitrogens with zero attached hydrogens (tertiary/aromatic N) is 1. The number of ether oxygens (including phenoxy) is 1. The summed E-state index contributed by atoms with van der Waals surface area (Å²) in [5.74, 6) is -1.78. The number of nitrogens with two attached hydrogens (primary N) is 1. The molecular weight excluding hydrogens is 326 g/mol. The third-order valence-corrected chi connectivity index (χ3v) is 3.11. The molecule has 18 heavy (non-hydrogen) atoms. The highest BCUT2D eigenvalue weighted by Crippen LogP contribution is 2.33. The predicted molar refractivity (Wildman–Crippen MR) is 68.4 cm³/mol. The van der Waals surface area contributed by atoms with Gasteiger partial charge in [-0.05, 0) is 40.0 Å². The van der Waals surface area contributed by atoms with Gasteiger partial charge < -0.3 is 4.74 Å². The maximum Gasteiger partial charge on any atom is 0.198 e. The van der Waals surface area contributed by atoms with Crippen LogP contribution in [0.3, 0.4) is 0 Å². The van der Waals surface area contributed by atoms with Crippen molar-refractivity contribution in [2.75, 3.05) is 0 Å². The molecule has 0 atom stereocenters. The van der Waals surface area contributed by atoms with E-state index in [9.17, 15) is 8.78 Å². The maximum atomic E-state index is 13.4. The molecule has 0 fully saturated rings. The number of hydrogen-bond acceptors (Lipinski definition) is 4. The summed E-state index contributed by atoms with van der Waals surface area (Å²) in [6.45, 7) is 0. The standard InChI is InChI=1S/C11H7BrF2N2OS/c12-6-5-16-10(18-15)4-9(6)17-11-7(13)2-1-3-8(11)14/h1-5H,15H2. The van der Waals surface area contributed by atoms with Crippen LogP contribution in [0.4, 0.5) is 8.78 Å². The van der Waals surface area contributed by atoms with Gasteiger partial charge in [-0.3, -0.25) is 5.14 Å². The van der Waals surface area contributed by atoms with Gasteiger partial charge >= 0.3 is 0 Å². The summed E-state index contributed by atoms with van der Waals surface area (Å²) < 4.78 is 32.5. The Kier molecular flexibility index (Phi) is 4.15. The second-order valence-electron chi connectivity index (χ2n) is 3.22. The van der Waals surface area contributed by atoms with Crippen LogP contribution in [0.5, 0.6) is 11.5 Å². The lowest BCUT2D eigenvalue weighted by Crippen LogP contribution is -1.94. The van der Waals surface area contributed by atoms with Gasteiger partial charge in [-0.1, -0.05) is 6.07 Å². The van der Waals surface area contributed by atoms with E-state index < -0.39 is 17.4 Å². The molecule has 2 rings (SSSR count). The van der Waals surface area contributed by atoms with E-state index in [1.165, 1.54) is 18.3 Å². The first-order valence-electron chi connectivity index (χ1n) is 4.76. The molecule has 1 heterocycles. The molecule has 0 radical (unpaired) electrons. The minimum atomic E-state index is -0.777. The number of halogens is 3. The van der Waals surface area contributed by atoms with E-state index in [0.29, 0.717) is 9.50 Å². The van der Waals surface area contributed by atoms with Crippen molar-refractivity contribution in [2.45, 2.75) is 5.03 Å². The zero-order chi connectivity index (χ0) is 13.1. The Balaban J connectivity index is 2.39. The topological polar surface area (TPSA) is 48.1 Å². The average Bonchev–Trinajstić information content (AvgIpc) is 2.36. The predicted octanol–water partition coefficient (Wildman–Crippen LogP) is 3.88. The molecule has 1 aromatic heterocycles. The van der Waals surface area contributed by atoms with Crippen LogP contribution in [0.2, 0.25) is 0 Å². The summed E-state index contributed by atoms with van der Waals surface area (Å²) in [5, 5.41) is 5.83. The third kappa shape index (κ3) is 2.80. The Labute approximate surface area is 115 Å². The van der Waals surface area contributed by atoms with Crippen molar-refractivity contribution in [3.05, 3.63) is 46.6 Å². The van der Waals surface area contributed by atoms with Gasteiger partial charge in [-0.2, -0.15) is 0 Å². The highest BCUT2D eigenvalue weighted by molar-refractivity contribution is 9.10. The molecule has 0 aliphatic rings. The lowest BCUT2D eigenvalue weighted by molar-refractivity contribution is 0.404. The second kappa shape index (κ2) is 5.64. The molecule has 0 saturated heterocycles. The summed E-state index contributed by atoms with van der Waals surface area (Å²) in [5.41, 5.74) is 0. The average molecular weight is 333 g/mol. The fourth-order valence-corrected chi connectivity index (χ4v) is 1.82. The molecule has 3 nitrogen and oxygen atoms in total. The summed E-state index contributed by atoms with van der Waals surface area (Å²) in [4.78, 5) is 3.97. The molecule has 2 N–H and O–H groups in total. The van der Waals surface area contributed by atoms with Crippen LogP contribution in [0.1, 0.15) is 0 Å². The second-order valence-corrected chi connectivity index (χ2v) is 4.73. The smallest absolute Gasteiger partial charge is 0.198 e. The van der Waals surface area contributed by atoms with Gasteiger partial charge in [0.2, 0.25) is 0 Å². The van der Waals surface area contributed by atoms with E-state index in [1.807, 2.05) is 0 Å². The Morgan fingerprint density at radius 3 is 2.56 bits per heavy atom. The van der Waals surface area contributed by atoms with Gasteiger partial charge in [-0.25, -0.2) is 13.8 Å². The van der Waals surface area contributed by atoms with Crippen molar-refractivity contribution in [1.29, 1.82) is 0 Å². The van der Waals surface area contributed by atoms with Crippen molar-refractivity contribution in [3.8, 4) is 11.5 Å². The Morgan fingerprint density at radius 1 is 1.28 bits per heavy atom. The van der Waals surface area contributed by atoms with Gasteiger partial charge in [0, 0.05) is 12.3 Å². The largest absolute Gasteiger partial charge is 0.450 e. The fraction of sp³-hybridized carbons (Fsp3) is 0. The van der Waals surface area contributed by atoms with Crippen molar-refractivity contribution in [2.24, 2.45) is 5.14 Å². The molecule has 7 heteroatoms. The summed E-state index contributed by atoms with van der Waals surface area (Å²) in [6.07, 6.45) is 1.45. The number of aromatic nitrogens is 1. The van der Waals surface area contributed by atoms with Gasteiger partial charge in [-0.15, -0.1) is 0 Å². The van der Waals surface area contributed by atoms with Crippen LogP contribution in [0, 0.1) is 11.6 Å². The monoisotopic (exact) mass is 332 g/mol. The van der Waals surface area contributed by atoms with Gasteiger partial charge in [0.25, 0.3) is 0 Å². The molecule has 0 aliphatic heterocycles. The number of pyridine rings is 1. The zero-order valence-electron chi connectivity index (χ0n) is 8.86. The normalized spacial score (nSPS) is 10.4. The Hall–Kier alpha value is -1.18. The molecule has 1 aromatic carbocycles. The van der Waals surface area contributed by atoms with E-state index in [0.717, 1.165) is 24.1 Å². The molecular formula is C11H7BrF2N2OS. The van der Waals surface area contributed by atoms with Gasteiger partial charge in [0.15, 0.2) is 17.4 Å². The van der Waals surface area contributed by atoms with E-state index in [2.05, 4.69) is 20.9 Å². The molecule has 0 aliphatic carbocycles. The number of rotatable bonds is 3. The van der Waals surface area contributed by atoms with Crippen molar-refractivity contribution in [1.82, 2.24) is 4.98 Å². The highest BCUT2D eigenvalue weighted by atomic mass is 79.9. The quantitative estimate of drug-likeness (QED) is 0.866.